The van der Waals surface area contributed by atoms with Gasteiger partial charge in [0.2, 0.25) is 0 Å². The molecule has 0 bridgehead atoms. The summed E-state index contributed by atoms with van der Waals surface area (Å²) in [5.74, 6) is 0.693. The maximum absolute atomic E-state index is 4.82. The van der Waals surface area contributed by atoms with Crippen molar-refractivity contribution < 1.29 is 0 Å². The van der Waals surface area contributed by atoms with Gasteiger partial charge in [-0.05, 0) is 48.6 Å². The summed E-state index contributed by atoms with van der Waals surface area (Å²) in [6.45, 7) is 8.34. The number of pyridine rings is 1. The first-order chi connectivity index (χ1) is 14.7. The molecule has 30 heavy (non-hydrogen) atoms. The van der Waals surface area contributed by atoms with E-state index >= 15 is 0 Å². The number of aromatic nitrogens is 5. The van der Waals surface area contributed by atoms with Crippen molar-refractivity contribution in [3.8, 4) is 22.0 Å². The molecule has 0 fully saturated rings. The second kappa shape index (κ2) is 7.85. The SMILES string of the molecule is C=c1c(-c2nc3c(-c4cccs4)cncc3[nH]2)n[nH]/c1=C/C=C(\C)C1=CCNCC1. The molecule has 1 aliphatic heterocycles. The number of fused-ring (bicyclic) bond motifs is 1. The summed E-state index contributed by atoms with van der Waals surface area (Å²) in [6, 6.07) is 4.11. The van der Waals surface area contributed by atoms with Gasteiger partial charge in [-0.25, -0.2) is 4.98 Å². The third-order valence-corrected chi connectivity index (χ3v) is 6.28. The molecule has 5 heterocycles. The predicted octanol–water partition coefficient (Wildman–Crippen LogP) is 3.13. The summed E-state index contributed by atoms with van der Waals surface area (Å²) in [6.07, 6.45) is 11.1. The van der Waals surface area contributed by atoms with Crippen molar-refractivity contribution in [3.05, 3.63) is 63.8 Å². The molecule has 0 saturated carbocycles. The van der Waals surface area contributed by atoms with Crippen LogP contribution in [0.1, 0.15) is 13.3 Å². The van der Waals surface area contributed by atoms with Gasteiger partial charge in [0.1, 0.15) is 11.2 Å². The van der Waals surface area contributed by atoms with E-state index in [0.29, 0.717) is 5.82 Å². The fraction of sp³-hybridized carbons (Fsp3) is 0.174. The zero-order valence-electron chi connectivity index (χ0n) is 16.7. The van der Waals surface area contributed by atoms with E-state index in [1.54, 1.807) is 17.5 Å². The Morgan fingerprint density at radius 3 is 3.03 bits per heavy atom. The number of thiophene rings is 1. The lowest BCUT2D eigenvalue weighted by Gasteiger charge is -2.13. The first-order valence-electron chi connectivity index (χ1n) is 9.91. The summed E-state index contributed by atoms with van der Waals surface area (Å²) in [7, 11) is 0. The molecule has 4 aromatic rings. The van der Waals surface area contributed by atoms with E-state index in [0.717, 1.165) is 57.2 Å². The van der Waals surface area contributed by atoms with Gasteiger partial charge in [0, 0.05) is 28.4 Å². The van der Waals surface area contributed by atoms with E-state index in [1.165, 1.54) is 11.1 Å². The van der Waals surface area contributed by atoms with E-state index in [9.17, 15) is 0 Å². The molecule has 4 aromatic heterocycles. The van der Waals surface area contributed by atoms with Gasteiger partial charge in [0.15, 0.2) is 5.82 Å². The van der Waals surface area contributed by atoms with Gasteiger partial charge >= 0.3 is 0 Å². The van der Waals surface area contributed by atoms with Crippen LogP contribution in [0.3, 0.4) is 0 Å². The second-order valence-corrected chi connectivity index (χ2v) is 8.26. The van der Waals surface area contributed by atoms with Crippen molar-refractivity contribution in [3.63, 3.8) is 0 Å². The van der Waals surface area contributed by atoms with Crippen molar-refractivity contribution in [2.24, 2.45) is 0 Å². The Morgan fingerprint density at radius 2 is 2.23 bits per heavy atom. The molecule has 0 saturated heterocycles. The third kappa shape index (κ3) is 3.42. The lowest BCUT2D eigenvalue weighted by molar-refractivity contribution is 0.707. The van der Waals surface area contributed by atoms with Gasteiger partial charge in [-0.3, -0.25) is 10.1 Å². The van der Waals surface area contributed by atoms with Crippen molar-refractivity contribution in [1.82, 2.24) is 30.5 Å². The van der Waals surface area contributed by atoms with Gasteiger partial charge in [0.05, 0.1) is 17.1 Å². The molecule has 0 aliphatic carbocycles. The van der Waals surface area contributed by atoms with Crippen LogP contribution in [0.5, 0.6) is 0 Å². The van der Waals surface area contributed by atoms with E-state index < -0.39 is 0 Å². The molecule has 0 aromatic carbocycles. The number of allylic oxidation sites excluding steroid dienone is 2. The smallest absolute Gasteiger partial charge is 0.159 e. The minimum atomic E-state index is 0.693. The van der Waals surface area contributed by atoms with E-state index in [4.69, 9.17) is 4.98 Å². The molecule has 0 spiro atoms. The zero-order valence-corrected chi connectivity index (χ0v) is 17.5. The van der Waals surface area contributed by atoms with Gasteiger partial charge in [-0.2, -0.15) is 5.10 Å². The summed E-state index contributed by atoms with van der Waals surface area (Å²) >= 11 is 1.68. The molecule has 0 radical (unpaired) electrons. The predicted molar refractivity (Wildman–Crippen MR) is 123 cm³/mol. The fourth-order valence-electron chi connectivity index (χ4n) is 3.67. The highest BCUT2D eigenvalue weighted by molar-refractivity contribution is 7.13. The fourth-order valence-corrected chi connectivity index (χ4v) is 4.40. The van der Waals surface area contributed by atoms with Gasteiger partial charge in [-0.1, -0.05) is 24.8 Å². The summed E-state index contributed by atoms with van der Waals surface area (Å²) in [5, 5.41) is 14.7. The molecular weight excluding hydrogens is 392 g/mol. The third-order valence-electron chi connectivity index (χ3n) is 5.37. The second-order valence-electron chi connectivity index (χ2n) is 7.31. The van der Waals surface area contributed by atoms with E-state index in [-0.39, 0.29) is 0 Å². The lowest BCUT2D eigenvalue weighted by Crippen LogP contribution is -2.22. The van der Waals surface area contributed by atoms with Gasteiger partial charge < -0.3 is 10.3 Å². The Bertz CT molecular complexity index is 1370. The number of hydrogen-bond donors (Lipinski definition) is 3. The van der Waals surface area contributed by atoms with Crippen molar-refractivity contribution >= 4 is 35.0 Å². The molecule has 7 heteroatoms. The number of hydrogen-bond acceptors (Lipinski definition) is 5. The van der Waals surface area contributed by atoms with Gasteiger partial charge in [0.25, 0.3) is 0 Å². The van der Waals surface area contributed by atoms with Crippen LogP contribution in [0.4, 0.5) is 0 Å². The number of nitrogens with one attached hydrogen (secondary N) is 3. The largest absolute Gasteiger partial charge is 0.335 e. The monoisotopic (exact) mass is 414 g/mol. The number of rotatable bonds is 4. The Kier molecular flexibility index (Phi) is 4.90. The highest BCUT2D eigenvalue weighted by Crippen LogP contribution is 2.30. The van der Waals surface area contributed by atoms with Crippen LogP contribution in [-0.4, -0.2) is 38.2 Å². The molecule has 0 amide bonds. The molecule has 0 atom stereocenters. The van der Waals surface area contributed by atoms with Crippen molar-refractivity contribution in [2.45, 2.75) is 13.3 Å². The lowest BCUT2D eigenvalue weighted by atomic mass is 10.0. The van der Waals surface area contributed by atoms with Crippen LogP contribution in [-0.2, 0) is 0 Å². The van der Waals surface area contributed by atoms with Crippen molar-refractivity contribution in [1.29, 1.82) is 0 Å². The molecule has 6 nitrogen and oxygen atoms in total. The van der Waals surface area contributed by atoms with E-state index in [1.807, 2.05) is 18.3 Å². The number of aromatic amines is 2. The normalized spacial score (nSPS) is 15.7. The standard InChI is InChI=1S/C23H22N6S/c1-14(16-7-9-24-10-8-16)5-6-18-15(2)21(29-28-18)23-26-19-13-25-12-17(22(19)27-23)20-4-3-11-30-20/h3-7,11-13,24,28H,2,8-10H2,1H3,(H,26,27)/b14-5+,18-6+. The molecule has 1 aliphatic rings. The average Bonchev–Trinajstić information content (AvgIpc) is 3.52. The Hall–Kier alpha value is -3.29. The minimum Gasteiger partial charge on any atom is -0.335 e. The molecule has 0 unspecified atom stereocenters. The van der Waals surface area contributed by atoms with Gasteiger partial charge in [-0.15, -0.1) is 11.3 Å². The van der Waals surface area contributed by atoms with Crippen LogP contribution in [0.2, 0.25) is 0 Å². The van der Waals surface area contributed by atoms with Crippen LogP contribution < -0.4 is 15.9 Å². The summed E-state index contributed by atoms with van der Waals surface area (Å²) in [5.41, 5.74) is 6.18. The Labute approximate surface area is 177 Å². The highest BCUT2D eigenvalue weighted by atomic mass is 32.1. The summed E-state index contributed by atoms with van der Waals surface area (Å²) in [4.78, 5) is 13.7. The molecule has 3 N–H and O–H groups in total. The first kappa shape index (κ1) is 18.7. The van der Waals surface area contributed by atoms with Crippen molar-refractivity contribution in [2.75, 3.05) is 13.1 Å². The zero-order chi connectivity index (χ0) is 20.5. The number of nitrogens with zero attached hydrogens (tertiary/aromatic N) is 3. The van der Waals surface area contributed by atoms with Crippen LogP contribution in [0.15, 0.2) is 53.2 Å². The van der Waals surface area contributed by atoms with Crippen LogP contribution in [0, 0.1) is 0 Å². The van der Waals surface area contributed by atoms with Crippen LogP contribution in [0.25, 0.3) is 45.6 Å². The van der Waals surface area contributed by atoms with Crippen LogP contribution >= 0.6 is 11.3 Å². The molecular formula is C23H22N6S. The number of imidazole rings is 1. The molecule has 150 valence electrons. The minimum absolute atomic E-state index is 0.693. The summed E-state index contributed by atoms with van der Waals surface area (Å²) < 4.78 is 0. The highest BCUT2D eigenvalue weighted by Gasteiger charge is 2.14. The Balaban J connectivity index is 1.53. The maximum Gasteiger partial charge on any atom is 0.159 e. The number of H-pyrrole nitrogens is 2. The quantitative estimate of drug-likeness (QED) is 0.479. The van der Waals surface area contributed by atoms with E-state index in [2.05, 4.69) is 62.6 Å². The molecule has 5 rings (SSSR count). The topological polar surface area (TPSA) is 82.3 Å². The Morgan fingerprint density at radius 1 is 1.30 bits per heavy atom. The first-order valence-corrected chi connectivity index (χ1v) is 10.8. The maximum atomic E-state index is 4.82. The average molecular weight is 415 g/mol.